The van der Waals surface area contributed by atoms with Crippen molar-refractivity contribution in [2.45, 2.75) is 18.9 Å². The maximum atomic E-state index is 11.7. The third kappa shape index (κ3) is 2.80. The fourth-order valence-electron chi connectivity index (χ4n) is 3.26. The monoisotopic (exact) mass is 354 g/mol. The van der Waals surface area contributed by atoms with Crippen LogP contribution in [0.4, 0.5) is 5.82 Å². The number of ether oxygens (including phenoxy) is 1. The van der Waals surface area contributed by atoms with Crippen molar-refractivity contribution in [3.8, 4) is 16.2 Å². The average molecular weight is 354 g/mol. The Labute approximate surface area is 149 Å². The van der Waals surface area contributed by atoms with Gasteiger partial charge >= 0.3 is 0 Å². The molecule has 1 saturated heterocycles. The highest BCUT2D eigenvalue weighted by Crippen LogP contribution is 2.39. The molecule has 1 aliphatic heterocycles. The van der Waals surface area contributed by atoms with Gasteiger partial charge in [-0.2, -0.15) is 0 Å². The van der Waals surface area contributed by atoms with Gasteiger partial charge in [-0.1, -0.05) is 0 Å². The second kappa shape index (κ2) is 6.33. The summed E-state index contributed by atoms with van der Waals surface area (Å²) in [5.41, 5.74) is 7.55. The predicted octanol–water partition coefficient (Wildman–Crippen LogP) is 2.82. The van der Waals surface area contributed by atoms with E-state index in [0.29, 0.717) is 0 Å². The number of hydrogen-bond acceptors (Lipinski definition) is 6. The smallest absolute Gasteiger partial charge is 0.240 e. The molecule has 1 unspecified atom stereocenters. The van der Waals surface area contributed by atoms with Gasteiger partial charge in [-0.05, 0) is 48.7 Å². The lowest BCUT2D eigenvalue weighted by atomic mass is 10.2. The Morgan fingerprint density at radius 2 is 2.12 bits per heavy atom. The van der Waals surface area contributed by atoms with Crippen LogP contribution in [0.1, 0.15) is 12.8 Å². The molecule has 2 aromatic heterocycles. The van der Waals surface area contributed by atoms with Gasteiger partial charge in [-0.3, -0.25) is 4.79 Å². The molecule has 1 amide bonds. The molecule has 1 aliphatic rings. The number of nitrogens with two attached hydrogens (primary N) is 1. The van der Waals surface area contributed by atoms with Crippen molar-refractivity contribution >= 4 is 33.3 Å². The van der Waals surface area contributed by atoms with Gasteiger partial charge in [-0.25, -0.2) is 9.97 Å². The predicted molar refractivity (Wildman–Crippen MR) is 99.0 cm³/mol. The number of methoxy groups -OCH3 is 1. The quantitative estimate of drug-likeness (QED) is 0.779. The third-order valence-corrected chi connectivity index (χ3v) is 5.69. The largest absolute Gasteiger partial charge is 0.497 e. The van der Waals surface area contributed by atoms with Gasteiger partial charge in [0.05, 0.1) is 17.3 Å². The Morgan fingerprint density at radius 1 is 1.32 bits per heavy atom. The molecule has 0 spiro atoms. The first-order valence-electron chi connectivity index (χ1n) is 8.12. The second-order valence-electron chi connectivity index (χ2n) is 6.00. The number of anilines is 1. The van der Waals surface area contributed by atoms with Gasteiger partial charge in [0.2, 0.25) is 5.91 Å². The Bertz CT molecular complexity index is 922. The summed E-state index contributed by atoms with van der Waals surface area (Å²) in [7, 11) is 1.65. The lowest BCUT2D eigenvalue weighted by Gasteiger charge is -2.23. The molecule has 0 radical (unpaired) electrons. The number of primary amides is 1. The molecule has 6 nitrogen and oxygen atoms in total. The highest BCUT2D eigenvalue weighted by molar-refractivity contribution is 7.22. The Hall–Kier alpha value is -2.67. The van der Waals surface area contributed by atoms with Crippen LogP contribution < -0.4 is 15.4 Å². The number of carbonyl (C=O) groups excluding carboxylic acids is 1. The first-order valence-corrected chi connectivity index (χ1v) is 8.94. The zero-order valence-corrected chi connectivity index (χ0v) is 14.6. The van der Waals surface area contributed by atoms with Crippen LogP contribution in [-0.2, 0) is 4.79 Å². The number of hydrogen-bond donors (Lipinski definition) is 1. The molecule has 1 fully saturated rings. The zero-order valence-electron chi connectivity index (χ0n) is 13.8. The van der Waals surface area contributed by atoms with Crippen LogP contribution in [0.25, 0.3) is 20.7 Å². The van der Waals surface area contributed by atoms with Crippen LogP contribution in [-0.4, -0.2) is 35.6 Å². The molecule has 4 rings (SSSR count). The van der Waals surface area contributed by atoms with Crippen molar-refractivity contribution in [3.05, 3.63) is 36.7 Å². The number of aromatic nitrogens is 2. The minimum absolute atomic E-state index is 0.287. The summed E-state index contributed by atoms with van der Waals surface area (Å²) in [6, 6.07) is 9.70. The van der Waals surface area contributed by atoms with Crippen molar-refractivity contribution in [2.24, 2.45) is 5.73 Å². The van der Waals surface area contributed by atoms with Crippen molar-refractivity contribution in [3.63, 3.8) is 0 Å². The fourth-order valence-corrected chi connectivity index (χ4v) is 4.38. The summed E-state index contributed by atoms with van der Waals surface area (Å²) < 4.78 is 6.20. The lowest BCUT2D eigenvalue weighted by Crippen LogP contribution is -2.40. The Balaban J connectivity index is 1.77. The van der Waals surface area contributed by atoms with Gasteiger partial charge in [0.15, 0.2) is 5.82 Å². The fraction of sp³-hybridized carbons (Fsp3) is 0.278. The Morgan fingerprint density at radius 3 is 2.84 bits per heavy atom. The van der Waals surface area contributed by atoms with Gasteiger partial charge in [0.1, 0.15) is 18.1 Å². The van der Waals surface area contributed by atoms with Crippen molar-refractivity contribution in [1.29, 1.82) is 0 Å². The highest BCUT2D eigenvalue weighted by atomic mass is 32.1. The van der Waals surface area contributed by atoms with E-state index in [0.717, 1.165) is 51.6 Å². The number of nitrogens with zero attached hydrogens (tertiary/aromatic N) is 3. The SMILES string of the molecule is COc1ccc(-c2cc3ncnc(N4CCCC4C(N)=O)c3s2)cc1. The standard InChI is InChI=1S/C18H18N4O2S/c1-24-12-6-4-11(5-7-12)15-9-13-16(25-15)18(21-10-20-13)22-8-2-3-14(22)17(19)23/h4-7,9-10,14H,2-3,8H2,1H3,(H2,19,23). The van der Waals surface area contributed by atoms with Crippen LogP contribution in [0.2, 0.25) is 0 Å². The van der Waals surface area contributed by atoms with E-state index in [2.05, 4.69) is 16.0 Å². The van der Waals surface area contributed by atoms with Gasteiger partial charge < -0.3 is 15.4 Å². The lowest BCUT2D eigenvalue weighted by molar-refractivity contribution is -0.119. The van der Waals surface area contributed by atoms with E-state index in [1.54, 1.807) is 24.8 Å². The molecule has 7 heteroatoms. The normalized spacial score (nSPS) is 17.2. The summed E-state index contributed by atoms with van der Waals surface area (Å²) >= 11 is 1.63. The second-order valence-corrected chi connectivity index (χ2v) is 7.06. The molecule has 0 saturated carbocycles. The van der Waals surface area contributed by atoms with E-state index < -0.39 is 0 Å². The van der Waals surface area contributed by atoms with Crippen LogP contribution in [0, 0.1) is 0 Å². The van der Waals surface area contributed by atoms with Crippen LogP contribution >= 0.6 is 11.3 Å². The van der Waals surface area contributed by atoms with Crippen molar-refractivity contribution in [2.75, 3.05) is 18.6 Å². The first-order chi connectivity index (χ1) is 12.2. The molecule has 128 valence electrons. The molecular formula is C18H18N4O2S. The summed E-state index contributed by atoms with van der Waals surface area (Å²) in [6.45, 7) is 0.787. The average Bonchev–Trinajstić information content (AvgIpc) is 3.28. The van der Waals surface area contributed by atoms with Gasteiger partial charge in [0.25, 0.3) is 0 Å². The number of rotatable bonds is 4. The Kier molecular flexibility index (Phi) is 4.01. The molecule has 0 aliphatic carbocycles. The summed E-state index contributed by atoms with van der Waals surface area (Å²) in [4.78, 5) is 23.7. The third-order valence-electron chi connectivity index (χ3n) is 4.52. The van der Waals surface area contributed by atoms with E-state index in [1.807, 2.05) is 29.2 Å². The van der Waals surface area contributed by atoms with Crippen LogP contribution in [0.15, 0.2) is 36.7 Å². The van der Waals surface area contributed by atoms with E-state index in [4.69, 9.17) is 10.5 Å². The number of benzene rings is 1. The molecular weight excluding hydrogens is 336 g/mol. The number of fused-ring (bicyclic) bond motifs is 1. The summed E-state index contributed by atoms with van der Waals surface area (Å²) in [5, 5.41) is 0. The summed E-state index contributed by atoms with van der Waals surface area (Å²) in [6.07, 6.45) is 3.27. The van der Waals surface area contributed by atoms with E-state index >= 15 is 0 Å². The zero-order chi connectivity index (χ0) is 17.4. The minimum atomic E-state index is -0.295. The van der Waals surface area contributed by atoms with E-state index in [-0.39, 0.29) is 11.9 Å². The van der Waals surface area contributed by atoms with E-state index in [1.165, 1.54) is 0 Å². The number of thiophene rings is 1. The van der Waals surface area contributed by atoms with Gasteiger partial charge in [-0.15, -0.1) is 11.3 Å². The number of amides is 1. The molecule has 1 atom stereocenters. The number of carbonyl (C=O) groups is 1. The highest BCUT2D eigenvalue weighted by Gasteiger charge is 2.31. The molecule has 3 heterocycles. The maximum absolute atomic E-state index is 11.7. The van der Waals surface area contributed by atoms with Crippen LogP contribution in [0.3, 0.4) is 0 Å². The molecule has 0 bridgehead atoms. The van der Waals surface area contributed by atoms with E-state index in [9.17, 15) is 4.79 Å². The molecule has 2 N–H and O–H groups in total. The molecule has 25 heavy (non-hydrogen) atoms. The van der Waals surface area contributed by atoms with Crippen molar-refractivity contribution in [1.82, 2.24) is 9.97 Å². The van der Waals surface area contributed by atoms with Crippen molar-refractivity contribution < 1.29 is 9.53 Å². The topological polar surface area (TPSA) is 81.3 Å². The molecule has 1 aromatic carbocycles. The maximum Gasteiger partial charge on any atom is 0.240 e. The first kappa shape index (κ1) is 15.8. The molecule has 3 aromatic rings. The minimum Gasteiger partial charge on any atom is -0.497 e. The van der Waals surface area contributed by atoms with Crippen LogP contribution in [0.5, 0.6) is 5.75 Å². The summed E-state index contributed by atoms with van der Waals surface area (Å²) in [5.74, 6) is 1.33. The van der Waals surface area contributed by atoms with Gasteiger partial charge in [0, 0.05) is 11.4 Å².